The molecular weight excluding hydrogens is 352 g/mol. The first-order valence-electron chi connectivity index (χ1n) is 8.99. The lowest BCUT2D eigenvalue weighted by molar-refractivity contribution is -0.130. The van der Waals surface area contributed by atoms with Crippen LogP contribution in [0.25, 0.3) is 0 Å². The number of amides is 1. The van der Waals surface area contributed by atoms with Gasteiger partial charge in [-0.2, -0.15) is 0 Å². The number of fused-ring (bicyclic) bond motifs is 1. The SMILES string of the molecule is O=C(NCCN1CCc2sccc2C1)C1(c2cccc(Cl)c2)CCC1. The number of nitrogens with one attached hydrogen (secondary N) is 1. The highest BCUT2D eigenvalue weighted by atomic mass is 35.5. The molecule has 25 heavy (non-hydrogen) atoms. The van der Waals surface area contributed by atoms with Crippen molar-refractivity contribution in [3.8, 4) is 0 Å². The van der Waals surface area contributed by atoms with Gasteiger partial charge in [0.2, 0.25) is 5.91 Å². The van der Waals surface area contributed by atoms with Crippen molar-refractivity contribution in [1.29, 1.82) is 0 Å². The molecule has 0 radical (unpaired) electrons. The number of halogens is 1. The molecule has 1 aliphatic carbocycles. The highest BCUT2D eigenvalue weighted by Crippen LogP contribution is 2.44. The second kappa shape index (κ2) is 7.10. The van der Waals surface area contributed by atoms with Gasteiger partial charge in [-0.15, -0.1) is 11.3 Å². The minimum absolute atomic E-state index is 0.161. The standard InChI is InChI=1S/C20H23ClN2OS/c21-17-4-1-3-16(13-17)20(7-2-8-20)19(24)22-9-11-23-10-5-18-15(14-23)6-12-25-18/h1,3-4,6,12-13H,2,5,7-11,14H2,(H,22,24). The Kier molecular flexibility index (Phi) is 4.85. The Morgan fingerprint density at radius 2 is 2.20 bits per heavy atom. The summed E-state index contributed by atoms with van der Waals surface area (Å²) in [5.74, 6) is 0.161. The molecule has 0 spiro atoms. The van der Waals surface area contributed by atoms with E-state index >= 15 is 0 Å². The van der Waals surface area contributed by atoms with E-state index in [0.29, 0.717) is 11.6 Å². The Labute approximate surface area is 158 Å². The van der Waals surface area contributed by atoms with Crippen molar-refractivity contribution in [1.82, 2.24) is 10.2 Å². The molecule has 2 heterocycles. The van der Waals surface area contributed by atoms with E-state index in [1.54, 1.807) is 0 Å². The van der Waals surface area contributed by atoms with Crippen molar-refractivity contribution < 1.29 is 4.79 Å². The van der Waals surface area contributed by atoms with Crippen LogP contribution in [0.4, 0.5) is 0 Å². The lowest BCUT2D eigenvalue weighted by Crippen LogP contribution is -2.50. The molecule has 0 unspecified atom stereocenters. The third-order valence-electron chi connectivity index (χ3n) is 5.62. The maximum absolute atomic E-state index is 12.9. The summed E-state index contributed by atoms with van der Waals surface area (Å²) in [6.07, 6.45) is 4.07. The highest BCUT2D eigenvalue weighted by molar-refractivity contribution is 7.10. The van der Waals surface area contributed by atoms with Gasteiger partial charge >= 0.3 is 0 Å². The van der Waals surface area contributed by atoms with E-state index in [2.05, 4.69) is 21.7 Å². The molecule has 2 aliphatic rings. The molecule has 0 bridgehead atoms. The van der Waals surface area contributed by atoms with Crippen LogP contribution >= 0.6 is 22.9 Å². The van der Waals surface area contributed by atoms with E-state index < -0.39 is 0 Å². The van der Waals surface area contributed by atoms with Gasteiger partial charge in [0.15, 0.2) is 0 Å². The molecule has 0 saturated heterocycles. The minimum atomic E-state index is -0.368. The van der Waals surface area contributed by atoms with Crippen LogP contribution in [0.1, 0.15) is 35.3 Å². The first kappa shape index (κ1) is 17.1. The van der Waals surface area contributed by atoms with Crippen LogP contribution in [0.2, 0.25) is 5.02 Å². The summed E-state index contributed by atoms with van der Waals surface area (Å²) in [5.41, 5.74) is 2.15. The van der Waals surface area contributed by atoms with Gasteiger partial charge in [0.05, 0.1) is 5.41 Å². The monoisotopic (exact) mass is 374 g/mol. The van der Waals surface area contributed by atoms with Gasteiger partial charge in [0.1, 0.15) is 0 Å². The third kappa shape index (κ3) is 3.35. The molecule has 1 saturated carbocycles. The van der Waals surface area contributed by atoms with E-state index in [1.165, 1.54) is 10.4 Å². The number of hydrogen-bond donors (Lipinski definition) is 1. The van der Waals surface area contributed by atoms with Crippen LogP contribution in [0.3, 0.4) is 0 Å². The molecule has 0 atom stereocenters. The van der Waals surface area contributed by atoms with E-state index in [4.69, 9.17) is 11.6 Å². The molecule has 132 valence electrons. The van der Waals surface area contributed by atoms with Crippen molar-refractivity contribution in [2.75, 3.05) is 19.6 Å². The zero-order chi connectivity index (χ0) is 17.3. The van der Waals surface area contributed by atoms with E-state index in [0.717, 1.165) is 50.9 Å². The third-order valence-corrected chi connectivity index (χ3v) is 6.88. The molecular formula is C20H23ClN2OS. The smallest absolute Gasteiger partial charge is 0.230 e. The first-order chi connectivity index (χ1) is 12.2. The van der Waals surface area contributed by atoms with Gasteiger partial charge in [-0.05, 0) is 54.0 Å². The van der Waals surface area contributed by atoms with Gasteiger partial charge < -0.3 is 5.32 Å². The number of thiophene rings is 1. The van der Waals surface area contributed by atoms with Crippen LogP contribution in [-0.4, -0.2) is 30.4 Å². The molecule has 1 amide bonds. The lowest BCUT2D eigenvalue weighted by Gasteiger charge is -2.41. The summed E-state index contributed by atoms with van der Waals surface area (Å²) in [5, 5.41) is 6.07. The maximum atomic E-state index is 12.9. The topological polar surface area (TPSA) is 32.3 Å². The summed E-state index contributed by atoms with van der Waals surface area (Å²) in [6, 6.07) is 10.0. The molecule has 1 N–H and O–H groups in total. The van der Waals surface area contributed by atoms with Gasteiger partial charge in [-0.25, -0.2) is 0 Å². The molecule has 3 nitrogen and oxygen atoms in total. The summed E-state index contributed by atoms with van der Waals surface area (Å²) < 4.78 is 0. The second-order valence-corrected chi connectivity index (χ2v) is 8.53. The zero-order valence-electron chi connectivity index (χ0n) is 14.3. The number of carbonyl (C=O) groups is 1. The quantitative estimate of drug-likeness (QED) is 0.857. The maximum Gasteiger partial charge on any atom is 0.230 e. The Morgan fingerprint density at radius 3 is 2.96 bits per heavy atom. The summed E-state index contributed by atoms with van der Waals surface area (Å²) in [4.78, 5) is 16.8. The normalized spacial score (nSPS) is 19.1. The average molecular weight is 375 g/mol. The van der Waals surface area contributed by atoms with Crippen molar-refractivity contribution >= 4 is 28.8 Å². The summed E-state index contributed by atoms with van der Waals surface area (Å²) in [6.45, 7) is 3.71. The van der Waals surface area contributed by atoms with Crippen LogP contribution in [-0.2, 0) is 23.2 Å². The number of benzene rings is 1. The fraction of sp³-hybridized carbons (Fsp3) is 0.450. The van der Waals surface area contributed by atoms with Gasteiger partial charge in [0.25, 0.3) is 0 Å². The molecule has 1 aliphatic heterocycles. The Hall–Kier alpha value is -1.36. The largest absolute Gasteiger partial charge is 0.354 e. The average Bonchev–Trinajstić information content (AvgIpc) is 3.01. The Bertz CT molecular complexity index is 769. The zero-order valence-corrected chi connectivity index (χ0v) is 15.8. The highest BCUT2D eigenvalue weighted by Gasteiger charge is 2.45. The van der Waals surface area contributed by atoms with E-state index in [1.807, 2.05) is 35.6 Å². The first-order valence-corrected chi connectivity index (χ1v) is 10.3. The summed E-state index contributed by atoms with van der Waals surface area (Å²) in [7, 11) is 0. The molecule has 2 aromatic rings. The predicted molar refractivity (Wildman–Crippen MR) is 103 cm³/mol. The summed E-state index contributed by atoms with van der Waals surface area (Å²) >= 11 is 8.00. The second-order valence-electron chi connectivity index (χ2n) is 7.10. The van der Waals surface area contributed by atoms with Crippen LogP contribution in [0.5, 0.6) is 0 Å². The van der Waals surface area contributed by atoms with Gasteiger partial charge in [-0.1, -0.05) is 30.2 Å². The van der Waals surface area contributed by atoms with Crippen LogP contribution < -0.4 is 5.32 Å². The minimum Gasteiger partial charge on any atom is -0.354 e. The van der Waals surface area contributed by atoms with E-state index in [-0.39, 0.29) is 11.3 Å². The fourth-order valence-corrected chi connectivity index (χ4v) is 5.04. The number of carbonyl (C=O) groups excluding carboxylic acids is 1. The van der Waals surface area contributed by atoms with Crippen molar-refractivity contribution in [2.45, 2.75) is 37.6 Å². The molecule has 1 aromatic carbocycles. The van der Waals surface area contributed by atoms with Gasteiger partial charge in [-0.3, -0.25) is 9.69 Å². The fourth-order valence-electron chi connectivity index (χ4n) is 3.96. The molecule has 5 heteroatoms. The number of nitrogens with zero attached hydrogens (tertiary/aromatic N) is 1. The Balaban J connectivity index is 1.34. The van der Waals surface area contributed by atoms with Crippen molar-refractivity contribution in [3.05, 3.63) is 56.7 Å². The Morgan fingerprint density at radius 1 is 1.32 bits per heavy atom. The molecule has 1 aromatic heterocycles. The number of rotatable bonds is 5. The van der Waals surface area contributed by atoms with Crippen molar-refractivity contribution in [3.63, 3.8) is 0 Å². The van der Waals surface area contributed by atoms with E-state index in [9.17, 15) is 4.79 Å². The van der Waals surface area contributed by atoms with Crippen LogP contribution in [0, 0.1) is 0 Å². The predicted octanol–water partition coefficient (Wildman–Crippen LogP) is 4.00. The lowest BCUT2D eigenvalue weighted by atomic mass is 9.64. The molecule has 1 fully saturated rings. The van der Waals surface area contributed by atoms with Gasteiger partial charge in [0, 0.05) is 36.1 Å². The number of hydrogen-bond acceptors (Lipinski definition) is 3. The molecule has 4 rings (SSSR count). The van der Waals surface area contributed by atoms with Crippen LogP contribution in [0.15, 0.2) is 35.7 Å². The van der Waals surface area contributed by atoms with Crippen molar-refractivity contribution in [2.24, 2.45) is 0 Å².